The molecule has 0 saturated heterocycles. The first-order chi connectivity index (χ1) is 9.58. The molecule has 7 heteroatoms. The summed E-state index contributed by atoms with van der Waals surface area (Å²) in [6, 6.07) is 3.67. The molecule has 2 rings (SSSR count). The normalized spacial score (nSPS) is 10.8. The number of rotatable bonds is 5. The lowest BCUT2D eigenvalue weighted by molar-refractivity contribution is -0.136. The van der Waals surface area contributed by atoms with E-state index in [2.05, 4.69) is 10.3 Å². The summed E-state index contributed by atoms with van der Waals surface area (Å²) in [6.45, 7) is 0. The number of carbonyl (C=O) groups excluding carboxylic acids is 1. The highest BCUT2D eigenvalue weighted by Crippen LogP contribution is 2.20. The highest BCUT2D eigenvalue weighted by atomic mass is 32.1. The second-order valence-electron chi connectivity index (χ2n) is 3.86. The summed E-state index contributed by atoms with van der Waals surface area (Å²) in [5.41, 5.74) is 0.710. The van der Waals surface area contributed by atoms with Crippen molar-refractivity contribution in [3.63, 3.8) is 0 Å². The fraction of sp³-hybridized carbons (Fsp3) is 0.154. The summed E-state index contributed by atoms with van der Waals surface area (Å²) in [5, 5.41) is 13.4. The predicted molar refractivity (Wildman–Crippen MR) is 80.1 cm³/mol. The van der Waals surface area contributed by atoms with Gasteiger partial charge in [0.2, 0.25) is 0 Å². The molecule has 0 unspecified atom stereocenters. The van der Waals surface area contributed by atoms with Gasteiger partial charge in [0, 0.05) is 22.2 Å². The molecule has 0 aliphatic carbocycles. The Bertz CT molecular complexity index is 658. The molecule has 0 aromatic carbocycles. The quantitative estimate of drug-likeness (QED) is 0.888. The minimum Gasteiger partial charge on any atom is -0.481 e. The van der Waals surface area contributed by atoms with Gasteiger partial charge in [0.1, 0.15) is 0 Å². The summed E-state index contributed by atoms with van der Waals surface area (Å²) < 4.78 is 0. The van der Waals surface area contributed by atoms with Gasteiger partial charge < -0.3 is 10.4 Å². The van der Waals surface area contributed by atoms with Crippen LogP contribution < -0.4 is 5.32 Å². The zero-order valence-electron chi connectivity index (χ0n) is 10.6. The summed E-state index contributed by atoms with van der Waals surface area (Å²) in [7, 11) is 1.56. The molecular formula is C13H12N2O3S2. The van der Waals surface area contributed by atoms with E-state index in [0.29, 0.717) is 10.7 Å². The fourth-order valence-electron chi connectivity index (χ4n) is 1.47. The van der Waals surface area contributed by atoms with Gasteiger partial charge in [0.15, 0.2) is 5.01 Å². The third kappa shape index (κ3) is 3.75. The second kappa shape index (κ2) is 6.44. The molecule has 0 radical (unpaired) electrons. The smallest absolute Gasteiger partial charge is 0.308 e. The lowest BCUT2D eigenvalue weighted by Gasteiger charge is -1.90. The van der Waals surface area contributed by atoms with E-state index < -0.39 is 5.97 Å². The van der Waals surface area contributed by atoms with Gasteiger partial charge in [-0.15, -0.1) is 22.7 Å². The van der Waals surface area contributed by atoms with Gasteiger partial charge in [-0.1, -0.05) is 0 Å². The van der Waals surface area contributed by atoms with E-state index in [4.69, 9.17) is 5.11 Å². The van der Waals surface area contributed by atoms with Crippen molar-refractivity contribution in [3.8, 4) is 0 Å². The van der Waals surface area contributed by atoms with E-state index in [0.717, 1.165) is 9.75 Å². The molecule has 0 fully saturated rings. The zero-order chi connectivity index (χ0) is 14.5. The van der Waals surface area contributed by atoms with Crippen molar-refractivity contribution < 1.29 is 14.7 Å². The minimum atomic E-state index is -0.836. The van der Waals surface area contributed by atoms with Crippen molar-refractivity contribution in [2.75, 3.05) is 7.05 Å². The molecule has 0 atom stereocenters. The van der Waals surface area contributed by atoms with Crippen molar-refractivity contribution in [1.82, 2.24) is 10.3 Å². The third-order valence-corrected chi connectivity index (χ3v) is 4.28. The number of amides is 1. The van der Waals surface area contributed by atoms with E-state index in [-0.39, 0.29) is 12.3 Å². The number of hydrogen-bond donors (Lipinski definition) is 2. The Kier molecular flexibility index (Phi) is 4.65. The number of carbonyl (C=O) groups is 2. The summed E-state index contributed by atoms with van der Waals surface area (Å²) >= 11 is 2.71. The van der Waals surface area contributed by atoms with Crippen LogP contribution in [0.2, 0.25) is 0 Å². The van der Waals surface area contributed by atoms with Crippen molar-refractivity contribution in [3.05, 3.63) is 38.0 Å². The van der Waals surface area contributed by atoms with E-state index in [1.807, 2.05) is 12.1 Å². The zero-order valence-corrected chi connectivity index (χ0v) is 12.3. The van der Waals surface area contributed by atoms with Gasteiger partial charge in [-0.2, -0.15) is 0 Å². The molecule has 0 aliphatic rings. The maximum Gasteiger partial charge on any atom is 0.308 e. The van der Waals surface area contributed by atoms with E-state index in [9.17, 15) is 9.59 Å². The Morgan fingerprint density at radius 2 is 2.20 bits per heavy atom. The largest absolute Gasteiger partial charge is 0.481 e. The molecule has 0 aliphatic heterocycles. The second-order valence-corrected chi connectivity index (χ2v) is 5.92. The molecular weight excluding hydrogens is 296 g/mol. The van der Waals surface area contributed by atoms with Gasteiger partial charge in [0.05, 0.1) is 12.1 Å². The molecule has 2 aromatic heterocycles. The van der Waals surface area contributed by atoms with Crippen LogP contribution in [-0.2, 0) is 11.2 Å². The van der Waals surface area contributed by atoms with E-state index in [1.165, 1.54) is 22.7 Å². The average molecular weight is 308 g/mol. The van der Waals surface area contributed by atoms with Gasteiger partial charge in [-0.25, -0.2) is 4.98 Å². The first-order valence-corrected chi connectivity index (χ1v) is 7.44. The van der Waals surface area contributed by atoms with Gasteiger partial charge >= 0.3 is 5.97 Å². The van der Waals surface area contributed by atoms with Gasteiger partial charge in [-0.05, 0) is 24.3 Å². The molecule has 2 heterocycles. The Morgan fingerprint density at radius 1 is 1.40 bits per heavy atom. The van der Waals surface area contributed by atoms with Crippen LogP contribution in [0.4, 0.5) is 0 Å². The van der Waals surface area contributed by atoms with Crippen molar-refractivity contribution in [1.29, 1.82) is 0 Å². The molecule has 0 bridgehead atoms. The van der Waals surface area contributed by atoms with E-state index in [1.54, 1.807) is 24.6 Å². The van der Waals surface area contributed by atoms with Crippen LogP contribution in [0.3, 0.4) is 0 Å². The summed E-state index contributed by atoms with van der Waals surface area (Å²) in [4.78, 5) is 27.9. The highest BCUT2D eigenvalue weighted by Gasteiger charge is 2.07. The van der Waals surface area contributed by atoms with Crippen LogP contribution >= 0.6 is 22.7 Å². The number of carboxylic acids is 1. The first-order valence-electron chi connectivity index (χ1n) is 5.74. The molecule has 20 heavy (non-hydrogen) atoms. The van der Waals surface area contributed by atoms with Crippen LogP contribution in [0, 0.1) is 0 Å². The molecule has 5 nitrogen and oxygen atoms in total. The van der Waals surface area contributed by atoms with Crippen LogP contribution in [0.25, 0.3) is 12.2 Å². The van der Waals surface area contributed by atoms with Crippen molar-refractivity contribution >= 4 is 46.7 Å². The lowest BCUT2D eigenvalue weighted by atomic mass is 10.3. The van der Waals surface area contributed by atoms with Crippen LogP contribution in [-0.4, -0.2) is 29.0 Å². The number of aliphatic carboxylic acids is 1. The maximum atomic E-state index is 11.4. The molecule has 1 amide bonds. The molecule has 104 valence electrons. The monoisotopic (exact) mass is 308 g/mol. The van der Waals surface area contributed by atoms with Gasteiger partial charge in [0.25, 0.3) is 5.91 Å². The molecule has 2 aromatic rings. The number of aromatic nitrogens is 1. The predicted octanol–water partition coefficient (Wildman–Crippen LogP) is 2.36. The Hall–Kier alpha value is -1.99. The van der Waals surface area contributed by atoms with Crippen LogP contribution in [0.1, 0.15) is 25.3 Å². The molecule has 0 saturated carbocycles. The number of nitrogens with one attached hydrogen (secondary N) is 1. The standard InChI is InChI=1S/C13H12N2O3S2/c1-14-12(18)13-15-8(7-19-13)2-3-9-4-5-10(20-9)6-11(16)17/h2-5,7H,6H2,1H3,(H,14,18)(H,16,17)/b3-2-. The van der Waals surface area contributed by atoms with Crippen molar-refractivity contribution in [2.24, 2.45) is 0 Å². The Morgan fingerprint density at radius 3 is 2.90 bits per heavy atom. The van der Waals surface area contributed by atoms with Crippen LogP contribution in [0.5, 0.6) is 0 Å². The summed E-state index contributed by atoms with van der Waals surface area (Å²) in [5.74, 6) is -1.04. The topological polar surface area (TPSA) is 79.3 Å². The highest BCUT2D eigenvalue weighted by molar-refractivity contribution is 7.13. The Labute approximate surface area is 123 Å². The molecule has 0 spiro atoms. The number of hydrogen-bond acceptors (Lipinski definition) is 5. The SMILES string of the molecule is CNC(=O)c1nc(/C=C\c2ccc(CC(=O)O)s2)cs1. The van der Waals surface area contributed by atoms with E-state index >= 15 is 0 Å². The molecule has 2 N–H and O–H groups in total. The third-order valence-electron chi connectivity index (χ3n) is 2.37. The summed E-state index contributed by atoms with van der Waals surface area (Å²) in [6.07, 6.45) is 3.70. The number of nitrogens with zero attached hydrogens (tertiary/aromatic N) is 1. The minimum absolute atomic E-state index is 0.0377. The lowest BCUT2D eigenvalue weighted by Crippen LogP contribution is -2.17. The van der Waals surface area contributed by atoms with Gasteiger partial charge in [-0.3, -0.25) is 9.59 Å². The van der Waals surface area contributed by atoms with Crippen molar-refractivity contribution in [2.45, 2.75) is 6.42 Å². The fourth-order valence-corrected chi connectivity index (χ4v) is 3.11. The average Bonchev–Trinajstić information content (AvgIpc) is 3.04. The first kappa shape index (κ1) is 14.4. The maximum absolute atomic E-state index is 11.4. The number of thiophene rings is 1. The van der Waals surface area contributed by atoms with Crippen LogP contribution in [0.15, 0.2) is 17.5 Å². The number of thiazole rings is 1. The number of carboxylic acid groups (broad SMARTS) is 1. The Balaban J connectivity index is 2.05.